The maximum Gasteiger partial charge on any atom is 0.256 e. The molecule has 2 aliphatic heterocycles. The Labute approximate surface area is 152 Å². The van der Waals surface area contributed by atoms with Gasteiger partial charge in [-0.3, -0.25) is 9.59 Å². The maximum atomic E-state index is 11.6. The number of benzene rings is 2. The van der Waals surface area contributed by atoms with Crippen molar-refractivity contribution >= 4 is 11.8 Å². The molecule has 0 aliphatic carbocycles. The van der Waals surface area contributed by atoms with E-state index < -0.39 is 12.5 Å². The minimum Gasteiger partial charge on any atom is -0.369 e. The molecule has 4 rings (SSSR count). The summed E-state index contributed by atoms with van der Waals surface area (Å²) in [5, 5.41) is 19.4. The molecular weight excluding hydrogens is 332 g/mol. The molecule has 2 N–H and O–H groups in total. The number of nitrogens with zero attached hydrogens (tertiary/aromatic N) is 2. The lowest BCUT2D eigenvalue weighted by molar-refractivity contribution is 0.0194. The van der Waals surface area contributed by atoms with Gasteiger partial charge in [0, 0.05) is 35.3 Å². The number of fused-ring (bicyclic) bond motifs is 2. The summed E-state index contributed by atoms with van der Waals surface area (Å²) in [7, 11) is 0. The van der Waals surface area contributed by atoms with E-state index in [1.807, 2.05) is 38.1 Å². The van der Waals surface area contributed by atoms with Crippen molar-refractivity contribution in [3.8, 4) is 0 Å². The largest absolute Gasteiger partial charge is 0.369 e. The Bertz CT molecular complexity index is 767. The van der Waals surface area contributed by atoms with Crippen LogP contribution in [-0.2, 0) is 0 Å². The first kappa shape index (κ1) is 18.1. The molecule has 136 valence electrons. The van der Waals surface area contributed by atoms with Crippen LogP contribution < -0.4 is 0 Å². The van der Waals surface area contributed by atoms with Crippen molar-refractivity contribution in [2.75, 3.05) is 13.1 Å². The van der Waals surface area contributed by atoms with Crippen molar-refractivity contribution in [1.82, 2.24) is 9.80 Å². The van der Waals surface area contributed by atoms with Crippen LogP contribution >= 0.6 is 0 Å². The summed E-state index contributed by atoms with van der Waals surface area (Å²) in [6.45, 7) is 4.78. The van der Waals surface area contributed by atoms with Crippen LogP contribution in [0.3, 0.4) is 0 Å². The van der Waals surface area contributed by atoms with E-state index in [2.05, 4.69) is 0 Å². The summed E-state index contributed by atoms with van der Waals surface area (Å²) < 4.78 is 0. The van der Waals surface area contributed by atoms with Gasteiger partial charge in [-0.15, -0.1) is 0 Å². The van der Waals surface area contributed by atoms with Crippen molar-refractivity contribution < 1.29 is 19.8 Å². The van der Waals surface area contributed by atoms with Crippen LogP contribution in [0.15, 0.2) is 48.5 Å². The minimum absolute atomic E-state index is 0.0781. The van der Waals surface area contributed by atoms with Gasteiger partial charge in [-0.25, -0.2) is 0 Å². The highest BCUT2D eigenvalue weighted by molar-refractivity contribution is 5.99. The first-order valence-electron chi connectivity index (χ1n) is 8.67. The van der Waals surface area contributed by atoms with E-state index >= 15 is 0 Å². The smallest absolute Gasteiger partial charge is 0.256 e. The van der Waals surface area contributed by atoms with E-state index in [-0.39, 0.29) is 11.8 Å². The summed E-state index contributed by atoms with van der Waals surface area (Å²) >= 11 is 0. The van der Waals surface area contributed by atoms with Crippen molar-refractivity contribution in [3.05, 3.63) is 70.8 Å². The number of aliphatic hydroxyl groups excluding tert-OH is 2. The molecule has 2 aliphatic rings. The molecule has 0 radical (unpaired) electrons. The number of amides is 2. The molecule has 0 spiro atoms. The fourth-order valence-corrected chi connectivity index (χ4v) is 3.33. The highest BCUT2D eigenvalue weighted by Gasteiger charge is 2.34. The Balaban J connectivity index is 0.000000151. The first-order valence-corrected chi connectivity index (χ1v) is 8.67. The van der Waals surface area contributed by atoms with Gasteiger partial charge in [0.15, 0.2) is 12.5 Å². The summed E-state index contributed by atoms with van der Waals surface area (Å²) in [5.41, 5.74) is 2.68. The SMILES string of the molecule is CCN1C(=O)c2ccccc2C1O.CCN1C(=O)c2ccccc2C1O. The Kier molecular flexibility index (Phi) is 5.06. The number of carbonyl (C=O) groups is 2. The van der Waals surface area contributed by atoms with E-state index in [1.54, 1.807) is 24.3 Å². The lowest BCUT2D eigenvalue weighted by atomic mass is 10.1. The molecular formula is C20H22N2O4. The molecule has 2 aromatic rings. The standard InChI is InChI=1S/2C10H11NO2/c2*1-2-11-9(12)7-5-3-4-6-8(7)10(11)13/h2*3-6,9,12H,2H2,1H3. The van der Waals surface area contributed by atoms with Gasteiger partial charge in [0.2, 0.25) is 0 Å². The third-order valence-corrected chi connectivity index (χ3v) is 4.73. The molecule has 0 saturated heterocycles. The van der Waals surface area contributed by atoms with Gasteiger partial charge in [0.25, 0.3) is 11.8 Å². The molecule has 2 amide bonds. The van der Waals surface area contributed by atoms with Crippen LogP contribution in [0.4, 0.5) is 0 Å². The fraction of sp³-hybridized carbons (Fsp3) is 0.300. The lowest BCUT2D eigenvalue weighted by Crippen LogP contribution is -2.27. The van der Waals surface area contributed by atoms with Crippen LogP contribution in [0.1, 0.15) is 58.1 Å². The molecule has 0 bridgehead atoms. The number of hydrogen-bond donors (Lipinski definition) is 2. The monoisotopic (exact) mass is 354 g/mol. The second kappa shape index (κ2) is 7.27. The van der Waals surface area contributed by atoms with Crippen molar-refractivity contribution in [2.45, 2.75) is 26.3 Å². The maximum absolute atomic E-state index is 11.6. The third kappa shape index (κ3) is 2.87. The Morgan fingerprint density at radius 1 is 0.731 bits per heavy atom. The molecule has 2 atom stereocenters. The van der Waals surface area contributed by atoms with Crippen molar-refractivity contribution in [2.24, 2.45) is 0 Å². The average molecular weight is 354 g/mol. The Morgan fingerprint density at radius 2 is 1.08 bits per heavy atom. The van der Waals surface area contributed by atoms with Crippen LogP contribution in [0.2, 0.25) is 0 Å². The number of aliphatic hydroxyl groups is 2. The molecule has 26 heavy (non-hydrogen) atoms. The van der Waals surface area contributed by atoms with E-state index in [1.165, 1.54) is 9.80 Å². The molecule has 2 aromatic carbocycles. The van der Waals surface area contributed by atoms with Gasteiger partial charge in [-0.2, -0.15) is 0 Å². The normalized spacial score (nSPS) is 20.6. The van der Waals surface area contributed by atoms with Gasteiger partial charge in [-0.1, -0.05) is 36.4 Å². The van der Waals surface area contributed by atoms with E-state index in [0.29, 0.717) is 35.3 Å². The Hall–Kier alpha value is -2.70. The molecule has 0 fully saturated rings. The zero-order valence-corrected chi connectivity index (χ0v) is 14.8. The predicted octanol–water partition coefficient (Wildman–Crippen LogP) is 2.31. The van der Waals surface area contributed by atoms with Gasteiger partial charge >= 0.3 is 0 Å². The van der Waals surface area contributed by atoms with Crippen LogP contribution in [0.25, 0.3) is 0 Å². The molecule has 0 aromatic heterocycles. The van der Waals surface area contributed by atoms with Gasteiger partial charge in [0.1, 0.15) is 0 Å². The molecule has 2 heterocycles. The van der Waals surface area contributed by atoms with E-state index in [0.717, 1.165) is 0 Å². The van der Waals surface area contributed by atoms with Gasteiger partial charge in [0.05, 0.1) is 0 Å². The quantitative estimate of drug-likeness (QED) is 0.867. The van der Waals surface area contributed by atoms with E-state index in [9.17, 15) is 19.8 Å². The zero-order chi connectivity index (χ0) is 18.8. The predicted molar refractivity (Wildman–Crippen MR) is 96.2 cm³/mol. The third-order valence-electron chi connectivity index (χ3n) is 4.73. The van der Waals surface area contributed by atoms with Crippen LogP contribution in [-0.4, -0.2) is 44.9 Å². The molecule has 2 unspecified atom stereocenters. The summed E-state index contributed by atoms with van der Waals surface area (Å²) in [6, 6.07) is 14.3. The van der Waals surface area contributed by atoms with Crippen LogP contribution in [0.5, 0.6) is 0 Å². The summed E-state index contributed by atoms with van der Waals surface area (Å²) in [4.78, 5) is 26.1. The van der Waals surface area contributed by atoms with E-state index in [4.69, 9.17) is 0 Å². The van der Waals surface area contributed by atoms with Gasteiger partial charge in [-0.05, 0) is 26.0 Å². The number of rotatable bonds is 2. The topological polar surface area (TPSA) is 81.1 Å². The fourth-order valence-electron chi connectivity index (χ4n) is 3.33. The second-order valence-corrected chi connectivity index (χ2v) is 6.10. The molecule has 6 nitrogen and oxygen atoms in total. The second-order valence-electron chi connectivity index (χ2n) is 6.10. The minimum atomic E-state index is -0.756. The molecule has 0 saturated carbocycles. The zero-order valence-electron chi connectivity index (χ0n) is 14.8. The number of hydrogen-bond acceptors (Lipinski definition) is 4. The first-order chi connectivity index (χ1) is 12.5. The average Bonchev–Trinajstić information content (AvgIpc) is 3.07. The Morgan fingerprint density at radius 3 is 1.38 bits per heavy atom. The highest BCUT2D eigenvalue weighted by atomic mass is 16.3. The van der Waals surface area contributed by atoms with Crippen molar-refractivity contribution in [1.29, 1.82) is 0 Å². The summed E-state index contributed by atoms with van der Waals surface area (Å²) in [5.74, 6) is -0.156. The van der Waals surface area contributed by atoms with Gasteiger partial charge < -0.3 is 20.0 Å². The highest BCUT2D eigenvalue weighted by Crippen LogP contribution is 2.31. The molecule has 6 heteroatoms. The number of carbonyl (C=O) groups excluding carboxylic acids is 2. The van der Waals surface area contributed by atoms with Crippen molar-refractivity contribution in [3.63, 3.8) is 0 Å². The summed E-state index contributed by atoms with van der Waals surface area (Å²) in [6.07, 6.45) is -1.51. The lowest BCUT2D eigenvalue weighted by Gasteiger charge is -2.17. The van der Waals surface area contributed by atoms with Crippen LogP contribution in [0, 0.1) is 0 Å².